The smallest absolute Gasteiger partial charge is 0.307 e. The van der Waals surface area contributed by atoms with Crippen LogP contribution < -0.4 is 10.5 Å². The van der Waals surface area contributed by atoms with E-state index in [1.54, 1.807) is 0 Å². The minimum absolute atomic E-state index is 0.00473. The number of pyridine rings is 1. The second kappa shape index (κ2) is 5.53. The van der Waals surface area contributed by atoms with Crippen molar-refractivity contribution in [1.29, 1.82) is 0 Å². The number of alkyl halides is 2. The summed E-state index contributed by atoms with van der Waals surface area (Å²) in [5.74, 6) is -1.22. The molecule has 0 aliphatic rings. The summed E-state index contributed by atoms with van der Waals surface area (Å²) in [7, 11) is 1.29. The van der Waals surface area contributed by atoms with Crippen molar-refractivity contribution >= 4 is 5.97 Å². The summed E-state index contributed by atoms with van der Waals surface area (Å²) in [6.07, 6.45) is -3.34. The molecule has 3 N–H and O–H groups in total. The van der Waals surface area contributed by atoms with Crippen molar-refractivity contribution < 1.29 is 23.4 Å². The van der Waals surface area contributed by atoms with Crippen LogP contribution in [-0.2, 0) is 17.8 Å². The number of carboxylic acids is 1. The predicted molar refractivity (Wildman–Crippen MR) is 55.0 cm³/mol. The lowest BCUT2D eigenvalue weighted by Gasteiger charge is -2.13. The predicted octanol–water partition coefficient (Wildman–Crippen LogP) is 1.11. The molecule has 7 heteroatoms. The van der Waals surface area contributed by atoms with Gasteiger partial charge in [-0.15, -0.1) is 0 Å². The van der Waals surface area contributed by atoms with E-state index in [9.17, 15) is 13.6 Å². The van der Waals surface area contributed by atoms with Crippen LogP contribution >= 0.6 is 0 Å². The molecule has 17 heavy (non-hydrogen) atoms. The monoisotopic (exact) mass is 246 g/mol. The molecular formula is C10H12F2N2O3. The molecule has 0 saturated carbocycles. The Kier molecular flexibility index (Phi) is 4.33. The van der Waals surface area contributed by atoms with Crippen molar-refractivity contribution in [1.82, 2.24) is 4.98 Å². The van der Waals surface area contributed by atoms with Gasteiger partial charge in [0.15, 0.2) is 0 Å². The Bertz CT molecular complexity index is 424. The number of carboxylic acid groups (broad SMARTS) is 1. The van der Waals surface area contributed by atoms with Crippen LogP contribution in [0.3, 0.4) is 0 Å². The molecule has 0 radical (unpaired) electrons. The van der Waals surface area contributed by atoms with E-state index >= 15 is 0 Å². The number of hydrogen-bond acceptors (Lipinski definition) is 4. The van der Waals surface area contributed by atoms with Crippen LogP contribution in [0.15, 0.2) is 6.07 Å². The van der Waals surface area contributed by atoms with Crippen LogP contribution in [0.25, 0.3) is 0 Å². The van der Waals surface area contributed by atoms with E-state index < -0.39 is 24.4 Å². The van der Waals surface area contributed by atoms with Gasteiger partial charge in [-0.2, -0.15) is 0 Å². The van der Waals surface area contributed by atoms with Crippen LogP contribution in [0, 0.1) is 0 Å². The van der Waals surface area contributed by atoms with E-state index in [1.165, 1.54) is 7.11 Å². The first-order valence-corrected chi connectivity index (χ1v) is 4.76. The van der Waals surface area contributed by atoms with E-state index in [1.807, 2.05) is 0 Å². The molecule has 0 spiro atoms. The molecule has 0 aliphatic carbocycles. The van der Waals surface area contributed by atoms with Crippen molar-refractivity contribution in [3.8, 4) is 5.88 Å². The number of halogens is 2. The fraction of sp³-hybridized carbons (Fsp3) is 0.400. The zero-order valence-electron chi connectivity index (χ0n) is 9.11. The van der Waals surface area contributed by atoms with Crippen molar-refractivity contribution in [2.24, 2.45) is 5.73 Å². The van der Waals surface area contributed by atoms with Gasteiger partial charge in [0.25, 0.3) is 6.43 Å². The maximum Gasteiger partial charge on any atom is 0.307 e. The Labute approximate surface area is 96.2 Å². The van der Waals surface area contributed by atoms with Gasteiger partial charge in [0.1, 0.15) is 0 Å². The van der Waals surface area contributed by atoms with Crippen molar-refractivity contribution in [2.45, 2.75) is 19.4 Å². The second-order valence-corrected chi connectivity index (χ2v) is 3.25. The number of nitrogens with two attached hydrogens (primary N) is 1. The molecule has 0 saturated heterocycles. The average Bonchev–Trinajstić information content (AvgIpc) is 2.28. The average molecular weight is 246 g/mol. The third-order valence-electron chi connectivity index (χ3n) is 2.19. The highest BCUT2D eigenvalue weighted by molar-refractivity contribution is 5.71. The minimum atomic E-state index is -2.80. The molecule has 1 aromatic heterocycles. The highest BCUT2D eigenvalue weighted by Crippen LogP contribution is 2.28. The summed E-state index contributed by atoms with van der Waals surface area (Å²) in [5.41, 5.74) is 5.03. The Balaban J connectivity index is 3.35. The first kappa shape index (κ1) is 13.3. The maximum atomic E-state index is 12.8. The molecule has 0 aromatic carbocycles. The summed E-state index contributed by atoms with van der Waals surface area (Å²) in [6, 6.07) is 1.03. The summed E-state index contributed by atoms with van der Waals surface area (Å²) >= 11 is 0. The van der Waals surface area contributed by atoms with Gasteiger partial charge >= 0.3 is 5.97 Å². The van der Waals surface area contributed by atoms with Crippen LogP contribution in [0.5, 0.6) is 5.88 Å². The first-order chi connectivity index (χ1) is 7.99. The van der Waals surface area contributed by atoms with Gasteiger partial charge in [-0.25, -0.2) is 13.8 Å². The molecule has 0 amide bonds. The van der Waals surface area contributed by atoms with Crippen molar-refractivity contribution in [3.63, 3.8) is 0 Å². The molecule has 1 heterocycles. The second-order valence-electron chi connectivity index (χ2n) is 3.25. The van der Waals surface area contributed by atoms with E-state index in [4.69, 9.17) is 15.6 Å². The lowest BCUT2D eigenvalue weighted by atomic mass is 10.0. The number of aliphatic carboxylic acids is 1. The Morgan fingerprint density at radius 2 is 2.29 bits per heavy atom. The molecule has 5 nitrogen and oxygen atoms in total. The van der Waals surface area contributed by atoms with Crippen molar-refractivity contribution in [2.75, 3.05) is 7.11 Å². The largest absolute Gasteiger partial charge is 0.481 e. The zero-order valence-corrected chi connectivity index (χ0v) is 9.11. The van der Waals surface area contributed by atoms with Crippen LogP contribution in [-0.4, -0.2) is 23.2 Å². The van der Waals surface area contributed by atoms with Gasteiger partial charge in [-0.3, -0.25) is 4.79 Å². The number of carbonyl (C=O) groups is 1. The first-order valence-electron chi connectivity index (χ1n) is 4.76. The molecule has 94 valence electrons. The van der Waals surface area contributed by atoms with Crippen LogP contribution in [0.2, 0.25) is 0 Å². The molecule has 0 unspecified atom stereocenters. The van der Waals surface area contributed by atoms with E-state index in [0.717, 1.165) is 6.07 Å². The molecule has 1 rings (SSSR count). The summed E-state index contributed by atoms with van der Waals surface area (Å²) in [5, 5.41) is 8.67. The number of aromatic nitrogens is 1. The third-order valence-corrected chi connectivity index (χ3v) is 2.19. The number of hydrogen-bond donors (Lipinski definition) is 2. The van der Waals surface area contributed by atoms with E-state index in [0.29, 0.717) is 0 Å². The van der Waals surface area contributed by atoms with Gasteiger partial charge < -0.3 is 15.6 Å². The van der Waals surface area contributed by atoms with Crippen LogP contribution in [0.1, 0.15) is 23.2 Å². The van der Waals surface area contributed by atoms with Gasteiger partial charge in [-0.05, 0) is 5.56 Å². The highest BCUT2D eigenvalue weighted by atomic mass is 19.3. The quantitative estimate of drug-likeness (QED) is 0.812. The highest BCUT2D eigenvalue weighted by Gasteiger charge is 2.20. The summed E-state index contributed by atoms with van der Waals surface area (Å²) in [6.45, 7) is -0.125. The molecule has 1 aromatic rings. The summed E-state index contributed by atoms with van der Waals surface area (Å²) < 4.78 is 30.3. The van der Waals surface area contributed by atoms with E-state index in [2.05, 4.69) is 4.98 Å². The van der Waals surface area contributed by atoms with Gasteiger partial charge in [0.2, 0.25) is 5.88 Å². The zero-order chi connectivity index (χ0) is 13.0. The van der Waals surface area contributed by atoms with Gasteiger partial charge in [0, 0.05) is 18.2 Å². The summed E-state index contributed by atoms with van der Waals surface area (Å²) in [4.78, 5) is 14.5. The SMILES string of the molecule is COc1cc(C(F)F)c(CC(=O)O)c(CN)n1. The molecule has 0 aliphatic heterocycles. The fourth-order valence-electron chi connectivity index (χ4n) is 1.44. The molecule has 0 bridgehead atoms. The van der Waals surface area contributed by atoms with E-state index in [-0.39, 0.29) is 23.7 Å². The fourth-order valence-corrected chi connectivity index (χ4v) is 1.44. The van der Waals surface area contributed by atoms with Crippen LogP contribution in [0.4, 0.5) is 8.78 Å². The number of methoxy groups -OCH3 is 1. The third kappa shape index (κ3) is 3.10. The normalized spacial score (nSPS) is 10.6. The number of rotatable bonds is 5. The maximum absolute atomic E-state index is 12.8. The Hall–Kier alpha value is -1.76. The number of ether oxygens (including phenoxy) is 1. The molecule has 0 atom stereocenters. The minimum Gasteiger partial charge on any atom is -0.481 e. The van der Waals surface area contributed by atoms with Crippen molar-refractivity contribution in [3.05, 3.63) is 22.9 Å². The molecule has 0 fully saturated rings. The standard InChI is InChI=1S/C10H12F2N2O3/c1-17-8-2-6(10(11)12)5(3-9(15)16)7(4-13)14-8/h2,10H,3-4,13H2,1H3,(H,15,16). The van der Waals surface area contributed by atoms with Gasteiger partial charge in [0.05, 0.1) is 19.2 Å². The Morgan fingerprint density at radius 1 is 1.65 bits per heavy atom. The lowest BCUT2D eigenvalue weighted by molar-refractivity contribution is -0.136. The number of nitrogens with zero attached hydrogens (tertiary/aromatic N) is 1. The Morgan fingerprint density at radius 3 is 2.71 bits per heavy atom. The molecular weight excluding hydrogens is 234 g/mol. The van der Waals surface area contributed by atoms with Gasteiger partial charge in [-0.1, -0.05) is 0 Å². The lowest BCUT2D eigenvalue weighted by Crippen LogP contribution is -2.13. The topological polar surface area (TPSA) is 85.4 Å².